The van der Waals surface area contributed by atoms with E-state index in [1.807, 2.05) is 12.1 Å². The summed E-state index contributed by atoms with van der Waals surface area (Å²) in [5.74, 6) is 0.0440. The number of rotatable bonds is 1. The summed E-state index contributed by atoms with van der Waals surface area (Å²) in [5, 5.41) is 22.8. The Bertz CT molecular complexity index is 2130. The molecule has 0 N–H and O–H groups in total. The van der Waals surface area contributed by atoms with Crippen LogP contribution < -0.4 is 8.97 Å². The summed E-state index contributed by atoms with van der Waals surface area (Å²) in [6, 6.07) is 36.4. The highest BCUT2D eigenvalue weighted by molar-refractivity contribution is 5.97. The molecule has 4 heterocycles. The lowest BCUT2D eigenvalue weighted by Gasteiger charge is -2.26. The Balaban J connectivity index is 1.50. The van der Waals surface area contributed by atoms with Gasteiger partial charge in [-0.15, -0.1) is 0 Å². The lowest BCUT2D eigenvalue weighted by Crippen LogP contribution is -2.50. The van der Waals surface area contributed by atoms with E-state index in [1.165, 1.54) is 38.7 Å². The van der Waals surface area contributed by atoms with Crippen LogP contribution in [-0.4, -0.2) is 0 Å². The molecule has 0 radical (unpaired) electrons. The number of hydrogen-bond donors (Lipinski definition) is 0. The van der Waals surface area contributed by atoms with E-state index in [2.05, 4.69) is 113 Å². The van der Waals surface area contributed by atoms with Crippen LogP contribution in [0.15, 0.2) is 103 Å². The van der Waals surface area contributed by atoms with E-state index in [4.69, 9.17) is 0 Å². The van der Waals surface area contributed by atoms with E-state index >= 15 is 0 Å². The Morgan fingerprint density at radius 3 is 2.33 bits per heavy atom. The van der Waals surface area contributed by atoms with Crippen LogP contribution in [0.25, 0.3) is 38.7 Å². The molecule has 3 aromatic carbocycles. The van der Waals surface area contributed by atoms with Gasteiger partial charge in [0.25, 0.3) is 5.69 Å². The maximum atomic E-state index is 10.2. The first-order valence-electron chi connectivity index (χ1n) is 13.6. The molecule has 8 rings (SSSR count). The minimum absolute atomic E-state index is 0.00174. The maximum absolute atomic E-state index is 10.2. The third-order valence-corrected chi connectivity index (χ3v) is 8.78. The summed E-state index contributed by atoms with van der Waals surface area (Å²) in [6.07, 6.45) is 5.24. The molecule has 0 saturated heterocycles. The molecule has 0 fully saturated rings. The molecule has 1 aliphatic carbocycles. The van der Waals surface area contributed by atoms with E-state index in [-0.39, 0.29) is 12.0 Å². The van der Waals surface area contributed by atoms with Gasteiger partial charge in [-0.1, -0.05) is 48.5 Å². The second-order valence-corrected chi connectivity index (χ2v) is 10.9. The van der Waals surface area contributed by atoms with Gasteiger partial charge in [-0.2, -0.15) is 19.5 Å². The van der Waals surface area contributed by atoms with Gasteiger partial charge in [0.05, 0.1) is 34.1 Å². The van der Waals surface area contributed by atoms with Crippen LogP contribution in [0.4, 0.5) is 0 Å². The first kappa shape index (κ1) is 22.6. The van der Waals surface area contributed by atoms with Gasteiger partial charge in [0.1, 0.15) is 6.07 Å². The normalized spacial score (nSPS) is 16.5. The quantitative estimate of drug-likeness (QED) is 0.187. The van der Waals surface area contributed by atoms with Crippen molar-refractivity contribution in [2.45, 2.75) is 25.3 Å². The molecule has 0 spiro atoms. The lowest BCUT2D eigenvalue weighted by molar-refractivity contribution is -0.724. The third kappa shape index (κ3) is 2.99. The van der Waals surface area contributed by atoms with Crippen LogP contribution in [-0.2, 0) is 6.42 Å². The first-order chi connectivity index (χ1) is 19.7. The van der Waals surface area contributed by atoms with Crippen LogP contribution in [0.1, 0.15) is 45.5 Å². The van der Waals surface area contributed by atoms with Crippen molar-refractivity contribution in [1.29, 1.82) is 10.5 Å². The molecule has 4 heteroatoms. The van der Waals surface area contributed by atoms with Gasteiger partial charge in [-0.05, 0) is 59.7 Å². The second kappa shape index (κ2) is 8.34. The zero-order valence-electron chi connectivity index (χ0n) is 22.0. The summed E-state index contributed by atoms with van der Waals surface area (Å²) >= 11 is 0. The number of nitriles is 2. The number of hydrogen-bond acceptors (Lipinski definition) is 2. The molecule has 2 atom stereocenters. The Labute approximate surface area is 232 Å². The van der Waals surface area contributed by atoms with E-state index in [0.717, 1.165) is 28.8 Å². The van der Waals surface area contributed by atoms with Crippen molar-refractivity contribution < 1.29 is 8.97 Å². The highest BCUT2D eigenvalue weighted by Crippen LogP contribution is 2.51. The molecular formula is C36H24N4+2. The van der Waals surface area contributed by atoms with E-state index < -0.39 is 0 Å². The molecule has 186 valence electrons. The third-order valence-electron chi connectivity index (χ3n) is 8.78. The van der Waals surface area contributed by atoms with Crippen molar-refractivity contribution >= 4 is 16.3 Å². The van der Waals surface area contributed by atoms with Gasteiger partial charge in [-0.25, -0.2) is 0 Å². The smallest absolute Gasteiger partial charge is 0.192 e. The molecule has 2 aliphatic rings. The highest BCUT2D eigenvalue weighted by Gasteiger charge is 2.54. The fourth-order valence-corrected chi connectivity index (χ4v) is 7.17. The highest BCUT2D eigenvalue weighted by atomic mass is 15.1. The van der Waals surface area contributed by atoms with Crippen molar-refractivity contribution in [3.8, 4) is 34.5 Å². The first-order valence-corrected chi connectivity index (χ1v) is 13.6. The van der Waals surface area contributed by atoms with Crippen molar-refractivity contribution in [3.05, 3.63) is 137 Å². The molecule has 2 unspecified atom stereocenters. The zero-order valence-corrected chi connectivity index (χ0v) is 22.0. The molecular weight excluding hydrogens is 488 g/mol. The summed E-state index contributed by atoms with van der Waals surface area (Å²) in [5.41, 5.74) is 11.5. The average Bonchev–Trinajstić information content (AvgIpc) is 3.42. The van der Waals surface area contributed by atoms with Crippen LogP contribution in [0.2, 0.25) is 0 Å². The maximum Gasteiger partial charge on any atom is 0.261 e. The Morgan fingerprint density at radius 2 is 1.52 bits per heavy atom. The van der Waals surface area contributed by atoms with Crippen molar-refractivity contribution in [2.24, 2.45) is 0 Å². The summed E-state index contributed by atoms with van der Waals surface area (Å²) in [4.78, 5) is 0. The SMILES string of the molecule is Cc1ccc2[n+](c1)C1c3c(c4ccccc4c4cc(-c5ccccc5)cc[n+]34)CC1c1c(C#N)ccc(C#N)c1-2. The summed E-state index contributed by atoms with van der Waals surface area (Å²) < 4.78 is 4.74. The molecule has 3 aromatic heterocycles. The summed E-state index contributed by atoms with van der Waals surface area (Å²) in [6.45, 7) is 2.11. The topological polar surface area (TPSA) is 55.6 Å². The number of benzene rings is 3. The minimum atomic E-state index is -0.00174. The molecule has 6 aromatic rings. The van der Waals surface area contributed by atoms with Crippen molar-refractivity contribution in [2.75, 3.05) is 0 Å². The zero-order chi connectivity index (χ0) is 27.0. The molecule has 0 amide bonds. The number of aryl methyl sites for hydroxylation is 1. The second-order valence-electron chi connectivity index (χ2n) is 10.9. The number of pyridine rings is 3. The molecule has 0 saturated carbocycles. The fourth-order valence-electron chi connectivity index (χ4n) is 7.17. The average molecular weight is 513 g/mol. The molecule has 1 aliphatic heterocycles. The number of nitrogens with zero attached hydrogens (tertiary/aromatic N) is 4. The Morgan fingerprint density at radius 1 is 0.775 bits per heavy atom. The van der Waals surface area contributed by atoms with Crippen LogP contribution in [0, 0.1) is 29.6 Å². The molecule has 40 heavy (non-hydrogen) atoms. The minimum Gasteiger partial charge on any atom is -0.192 e. The predicted molar refractivity (Wildman–Crippen MR) is 153 cm³/mol. The van der Waals surface area contributed by atoms with Crippen molar-refractivity contribution in [1.82, 2.24) is 0 Å². The predicted octanol–water partition coefficient (Wildman–Crippen LogP) is 6.49. The molecule has 4 nitrogen and oxygen atoms in total. The standard InChI is InChI=1S/C36H24N4/c1-22-11-14-31-34-26(20-38)13-12-25(19-37)33(34)30-18-29-27-9-5-6-10-28(27)32-17-24(23-7-3-2-4-8-23)15-16-39(32)35(29)36(30)40(31)21-22/h2-17,21,30,36H,18H2,1H3/q+2. The van der Waals surface area contributed by atoms with E-state index in [9.17, 15) is 10.5 Å². The Kier molecular flexibility index (Phi) is 4.72. The number of aromatic nitrogens is 2. The van der Waals surface area contributed by atoms with Gasteiger partial charge in [0.15, 0.2) is 12.4 Å². The van der Waals surface area contributed by atoms with Crippen LogP contribution in [0.5, 0.6) is 0 Å². The van der Waals surface area contributed by atoms with E-state index in [0.29, 0.717) is 11.1 Å². The van der Waals surface area contributed by atoms with Crippen LogP contribution >= 0.6 is 0 Å². The van der Waals surface area contributed by atoms with Gasteiger partial charge < -0.3 is 0 Å². The van der Waals surface area contributed by atoms with Crippen molar-refractivity contribution in [3.63, 3.8) is 0 Å². The van der Waals surface area contributed by atoms with Gasteiger partial charge in [0.2, 0.25) is 17.3 Å². The largest absolute Gasteiger partial charge is 0.261 e. The summed E-state index contributed by atoms with van der Waals surface area (Å²) in [7, 11) is 0. The van der Waals surface area contributed by atoms with Gasteiger partial charge in [0, 0.05) is 29.3 Å². The van der Waals surface area contributed by atoms with Crippen LogP contribution in [0.3, 0.4) is 0 Å². The van der Waals surface area contributed by atoms with Gasteiger partial charge >= 0.3 is 0 Å². The van der Waals surface area contributed by atoms with Gasteiger partial charge in [-0.3, -0.25) is 0 Å². The Hall–Kier alpha value is -5.32. The monoisotopic (exact) mass is 512 g/mol. The lowest BCUT2D eigenvalue weighted by atomic mass is 9.79. The van der Waals surface area contributed by atoms with E-state index in [1.54, 1.807) is 6.07 Å². The number of fused-ring (bicyclic) bond motifs is 13. The molecule has 0 bridgehead atoms. The fraction of sp³-hybridized carbons (Fsp3) is 0.111.